The molecule has 1 saturated heterocycles. The van der Waals surface area contributed by atoms with Crippen LogP contribution in [-0.4, -0.2) is 35.3 Å². The first kappa shape index (κ1) is 16.0. The first-order chi connectivity index (χ1) is 10.1. The Hall–Kier alpha value is -1.36. The van der Waals surface area contributed by atoms with Crippen LogP contribution in [0.2, 0.25) is 0 Å². The Morgan fingerprint density at radius 2 is 2.19 bits per heavy atom. The minimum atomic E-state index is 0.188. The molecule has 0 bridgehead atoms. The monoisotopic (exact) mass is 292 g/mol. The number of piperidine rings is 1. The molecule has 2 rings (SSSR count). The van der Waals surface area contributed by atoms with Gasteiger partial charge in [0.05, 0.1) is 0 Å². The van der Waals surface area contributed by atoms with Gasteiger partial charge in [-0.3, -0.25) is 9.48 Å². The summed E-state index contributed by atoms with van der Waals surface area (Å²) in [6, 6.07) is 1.92. The molecule has 1 aromatic rings. The molecule has 0 aliphatic carbocycles. The quantitative estimate of drug-likeness (QED) is 0.803. The Bertz CT molecular complexity index is 412. The Kier molecular flexibility index (Phi) is 6.23. The lowest BCUT2D eigenvalue weighted by atomic mass is 9.84. The van der Waals surface area contributed by atoms with Crippen LogP contribution in [0.3, 0.4) is 0 Å². The van der Waals surface area contributed by atoms with Crippen molar-refractivity contribution in [3.8, 4) is 0 Å². The second-order valence-corrected chi connectivity index (χ2v) is 6.41. The summed E-state index contributed by atoms with van der Waals surface area (Å²) >= 11 is 0. The highest BCUT2D eigenvalue weighted by Gasteiger charge is 2.22. The van der Waals surface area contributed by atoms with Gasteiger partial charge in [-0.1, -0.05) is 13.8 Å². The minimum Gasteiger partial charge on any atom is -0.356 e. The van der Waals surface area contributed by atoms with Crippen LogP contribution in [-0.2, 0) is 11.3 Å². The molecule has 2 atom stereocenters. The fraction of sp³-hybridized carbons (Fsp3) is 0.750. The van der Waals surface area contributed by atoms with Gasteiger partial charge >= 0.3 is 0 Å². The second kappa shape index (κ2) is 8.17. The van der Waals surface area contributed by atoms with Crippen molar-refractivity contribution in [3.05, 3.63) is 18.5 Å². The van der Waals surface area contributed by atoms with E-state index in [2.05, 4.69) is 29.6 Å². The van der Waals surface area contributed by atoms with Gasteiger partial charge in [0, 0.05) is 31.9 Å². The molecule has 0 spiro atoms. The van der Waals surface area contributed by atoms with Crippen LogP contribution in [0.25, 0.3) is 0 Å². The van der Waals surface area contributed by atoms with Crippen molar-refractivity contribution in [2.24, 2.45) is 17.8 Å². The van der Waals surface area contributed by atoms with Gasteiger partial charge in [-0.05, 0) is 49.8 Å². The molecule has 0 radical (unpaired) electrons. The number of aromatic nitrogens is 2. The summed E-state index contributed by atoms with van der Waals surface area (Å²) < 4.78 is 1.91. The van der Waals surface area contributed by atoms with Crippen LogP contribution in [0, 0.1) is 17.8 Å². The molecule has 2 heterocycles. The molecular formula is C16H28N4O. The lowest BCUT2D eigenvalue weighted by Crippen LogP contribution is -2.35. The first-order valence-corrected chi connectivity index (χ1v) is 8.10. The second-order valence-electron chi connectivity index (χ2n) is 6.41. The van der Waals surface area contributed by atoms with E-state index in [1.807, 2.05) is 16.9 Å². The molecule has 21 heavy (non-hydrogen) atoms. The van der Waals surface area contributed by atoms with Crippen molar-refractivity contribution in [1.82, 2.24) is 20.4 Å². The third-order valence-electron chi connectivity index (χ3n) is 4.40. The van der Waals surface area contributed by atoms with Crippen LogP contribution in [0.1, 0.15) is 33.1 Å². The molecule has 5 nitrogen and oxygen atoms in total. The largest absolute Gasteiger partial charge is 0.356 e. The number of nitrogens with one attached hydrogen (secondary N) is 2. The topological polar surface area (TPSA) is 59.0 Å². The van der Waals surface area contributed by atoms with Crippen LogP contribution in [0.4, 0.5) is 0 Å². The molecule has 118 valence electrons. The summed E-state index contributed by atoms with van der Waals surface area (Å²) in [7, 11) is 0. The fourth-order valence-corrected chi connectivity index (χ4v) is 3.02. The average molecular weight is 292 g/mol. The highest BCUT2D eigenvalue weighted by Crippen LogP contribution is 2.24. The van der Waals surface area contributed by atoms with Crippen LogP contribution >= 0.6 is 0 Å². The predicted octanol–water partition coefficient (Wildman–Crippen LogP) is 1.66. The normalized spacial score (nSPS) is 19.1. The van der Waals surface area contributed by atoms with E-state index in [1.54, 1.807) is 6.20 Å². The van der Waals surface area contributed by atoms with Gasteiger partial charge in [0.2, 0.25) is 5.91 Å². The Morgan fingerprint density at radius 3 is 2.86 bits per heavy atom. The number of carbonyl (C=O) groups excluding carboxylic acids is 1. The van der Waals surface area contributed by atoms with Gasteiger partial charge in [-0.15, -0.1) is 0 Å². The first-order valence-electron chi connectivity index (χ1n) is 8.10. The molecule has 1 fully saturated rings. The maximum absolute atomic E-state index is 12.1. The van der Waals surface area contributed by atoms with E-state index in [9.17, 15) is 4.79 Å². The third kappa shape index (κ3) is 5.50. The SMILES string of the molecule is CC(CNC(=O)CC(C)C1CCNCC1)Cn1cccn1. The Balaban J connectivity index is 1.64. The number of hydrogen-bond acceptors (Lipinski definition) is 3. The summed E-state index contributed by atoms with van der Waals surface area (Å²) in [6.07, 6.45) is 6.79. The molecule has 1 aliphatic heterocycles. The molecule has 0 saturated carbocycles. The third-order valence-corrected chi connectivity index (χ3v) is 4.40. The van der Waals surface area contributed by atoms with E-state index in [0.29, 0.717) is 24.2 Å². The summed E-state index contributed by atoms with van der Waals surface area (Å²) in [5.41, 5.74) is 0. The molecule has 1 amide bonds. The number of carbonyl (C=O) groups is 1. The highest BCUT2D eigenvalue weighted by atomic mass is 16.1. The van der Waals surface area contributed by atoms with E-state index >= 15 is 0 Å². The molecule has 1 aromatic heterocycles. The highest BCUT2D eigenvalue weighted by molar-refractivity contribution is 5.76. The van der Waals surface area contributed by atoms with Crippen LogP contribution < -0.4 is 10.6 Å². The molecule has 5 heteroatoms. The fourth-order valence-electron chi connectivity index (χ4n) is 3.02. The van der Waals surface area contributed by atoms with E-state index < -0.39 is 0 Å². The smallest absolute Gasteiger partial charge is 0.220 e. The van der Waals surface area contributed by atoms with E-state index in [4.69, 9.17) is 0 Å². The average Bonchev–Trinajstić information content (AvgIpc) is 2.99. The van der Waals surface area contributed by atoms with E-state index in [-0.39, 0.29) is 5.91 Å². The zero-order valence-corrected chi connectivity index (χ0v) is 13.2. The van der Waals surface area contributed by atoms with Crippen molar-refractivity contribution in [1.29, 1.82) is 0 Å². The minimum absolute atomic E-state index is 0.188. The zero-order valence-electron chi connectivity index (χ0n) is 13.2. The standard InChI is InChI=1S/C16H28N4O/c1-13(12-20-9-3-6-19-20)11-18-16(21)10-14(2)15-4-7-17-8-5-15/h3,6,9,13-15,17H,4-5,7-8,10-12H2,1-2H3,(H,18,21). The van der Waals surface area contributed by atoms with Crippen molar-refractivity contribution in [3.63, 3.8) is 0 Å². The van der Waals surface area contributed by atoms with Crippen molar-refractivity contribution in [2.45, 2.75) is 39.7 Å². The van der Waals surface area contributed by atoms with Gasteiger partial charge in [0.1, 0.15) is 0 Å². The summed E-state index contributed by atoms with van der Waals surface area (Å²) in [6.45, 7) is 8.10. The number of hydrogen-bond donors (Lipinski definition) is 2. The number of nitrogens with zero attached hydrogens (tertiary/aromatic N) is 2. The summed E-state index contributed by atoms with van der Waals surface area (Å²) in [5, 5.41) is 10.6. The van der Waals surface area contributed by atoms with Crippen LogP contribution in [0.5, 0.6) is 0 Å². The zero-order chi connectivity index (χ0) is 15.1. The van der Waals surface area contributed by atoms with E-state index in [0.717, 1.165) is 26.2 Å². The predicted molar refractivity (Wildman–Crippen MR) is 83.8 cm³/mol. The molecule has 1 aliphatic rings. The van der Waals surface area contributed by atoms with Crippen molar-refractivity contribution >= 4 is 5.91 Å². The molecule has 2 N–H and O–H groups in total. The lowest BCUT2D eigenvalue weighted by Gasteiger charge is -2.28. The van der Waals surface area contributed by atoms with Crippen molar-refractivity contribution in [2.75, 3.05) is 19.6 Å². The molecule has 2 unspecified atom stereocenters. The van der Waals surface area contributed by atoms with Gasteiger partial charge in [0.15, 0.2) is 0 Å². The molecular weight excluding hydrogens is 264 g/mol. The van der Waals surface area contributed by atoms with Crippen molar-refractivity contribution < 1.29 is 4.79 Å². The number of amides is 1. The number of rotatable bonds is 7. The van der Waals surface area contributed by atoms with Gasteiger partial charge < -0.3 is 10.6 Å². The molecule has 0 aromatic carbocycles. The Morgan fingerprint density at radius 1 is 1.43 bits per heavy atom. The van der Waals surface area contributed by atoms with Gasteiger partial charge in [-0.25, -0.2) is 0 Å². The maximum Gasteiger partial charge on any atom is 0.220 e. The van der Waals surface area contributed by atoms with Gasteiger partial charge in [0.25, 0.3) is 0 Å². The van der Waals surface area contributed by atoms with E-state index in [1.165, 1.54) is 12.8 Å². The summed E-state index contributed by atoms with van der Waals surface area (Å²) in [4.78, 5) is 12.1. The van der Waals surface area contributed by atoms with Crippen LogP contribution in [0.15, 0.2) is 18.5 Å². The van der Waals surface area contributed by atoms with Gasteiger partial charge in [-0.2, -0.15) is 5.10 Å². The summed E-state index contributed by atoms with van der Waals surface area (Å²) in [5.74, 6) is 1.75. The maximum atomic E-state index is 12.1. The Labute approximate surface area is 127 Å². The lowest BCUT2D eigenvalue weighted by molar-refractivity contribution is -0.122.